The van der Waals surface area contributed by atoms with Crippen LogP contribution in [0.1, 0.15) is 5.56 Å². The van der Waals surface area contributed by atoms with E-state index in [1.54, 1.807) is 30.5 Å². The molecule has 0 aromatic heterocycles. The van der Waals surface area contributed by atoms with Crippen molar-refractivity contribution in [2.24, 2.45) is 5.10 Å². The fraction of sp³-hybridized carbons (Fsp3) is 0.0625. The number of hydrogen-bond acceptors (Lipinski definition) is 4. The Morgan fingerprint density at radius 2 is 1.87 bits per heavy atom. The molecular weight excluding hydrogens is 314 g/mol. The van der Waals surface area contributed by atoms with E-state index in [9.17, 15) is 4.79 Å². The molecular formula is C16H15N3O3S. The number of para-hydroxylation sites is 1. The van der Waals surface area contributed by atoms with Crippen LogP contribution in [-0.4, -0.2) is 29.0 Å². The molecule has 2 aromatic carbocycles. The summed E-state index contributed by atoms with van der Waals surface area (Å²) in [4.78, 5) is 10.4. The van der Waals surface area contributed by atoms with Crippen LogP contribution in [0.4, 0.5) is 5.69 Å². The van der Waals surface area contributed by atoms with Crippen molar-refractivity contribution in [1.29, 1.82) is 0 Å². The number of hydrazone groups is 1. The Morgan fingerprint density at radius 1 is 1.17 bits per heavy atom. The first-order valence-electron chi connectivity index (χ1n) is 6.73. The summed E-state index contributed by atoms with van der Waals surface area (Å²) in [6, 6.07) is 16.4. The van der Waals surface area contributed by atoms with Crippen LogP contribution >= 0.6 is 12.2 Å². The number of thiocarbonyl (C=S) groups is 1. The van der Waals surface area contributed by atoms with E-state index >= 15 is 0 Å². The van der Waals surface area contributed by atoms with Crippen molar-refractivity contribution in [1.82, 2.24) is 5.43 Å². The number of ether oxygens (including phenoxy) is 1. The van der Waals surface area contributed by atoms with E-state index in [2.05, 4.69) is 15.8 Å². The van der Waals surface area contributed by atoms with Crippen molar-refractivity contribution in [2.45, 2.75) is 0 Å². The minimum Gasteiger partial charge on any atom is -0.482 e. The molecule has 23 heavy (non-hydrogen) atoms. The Balaban J connectivity index is 1.81. The molecule has 0 amide bonds. The summed E-state index contributed by atoms with van der Waals surface area (Å²) >= 11 is 5.12. The Hall–Kier alpha value is -2.93. The highest BCUT2D eigenvalue weighted by Crippen LogP contribution is 2.10. The number of carboxylic acids is 1. The fourth-order valence-electron chi connectivity index (χ4n) is 1.64. The largest absolute Gasteiger partial charge is 0.482 e. The fourth-order valence-corrected chi connectivity index (χ4v) is 1.81. The van der Waals surface area contributed by atoms with Gasteiger partial charge in [-0.1, -0.05) is 18.2 Å². The van der Waals surface area contributed by atoms with Gasteiger partial charge < -0.3 is 15.2 Å². The number of anilines is 1. The van der Waals surface area contributed by atoms with E-state index < -0.39 is 5.97 Å². The first-order valence-corrected chi connectivity index (χ1v) is 7.14. The monoisotopic (exact) mass is 329 g/mol. The maximum Gasteiger partial charge on any atom is 0.341 e. The van der Waals surface area contributed by atoms with E-state index in [1.807, 2.05) is 30.3 Å². The molecule has 0 saturated heterocycles. The minimum absolute atomic E-state index is 0.367. The number of hydrogen-bond donors (Lipinski definition) is 3. The summed E-state index contributed by atoms with van der Waals surface area (Å²) in [5.41, 5.74) is 4.41. The minimum atomic E-state index is -1.01. The lowest BCUT2D eigenvalue weighted by molar-refractivity contribution is -0.139. The van der Waals surface area contributed by atoms with Crippen LogP contribution in [0, 0.1) is 0 Å². The van der Waals surface area contributed by atoms with E-state index in [0.717, 1.165) is 11.3 Å². The summed E-state index contributed by atoms with van der Waals surface area (Å²) in [5.74, 6) is -0.530. The zero-order chi connectivity index (χ0) is 16.5. The molecule has 0 saturated carbocycles. The van der Waals surface area contributed by atoms with Crippen LogP contribution in [0.25, 0.3) is 0 Å². The van der Waals surface area contributed by atoms with Crippen molar-refractivity contribution < 1.29 is 14.6 Å². The third kappa shape index (κ3) is 6.15. The van der Waals surface area contributed by atoms with E-state index in [-0.39, 0.29) is 6.61 Å². The van der Waals surface area contributed by atoms with Gasteiger partial charge in [0.15, 0.2) is 11.7 Å². The molecule has 0 fully saturated rings. The van der Waals surface area contributed by atoms with Crippen LogP contribution in [0.2, 0.25) is 0 Å². The van der Waals surface area contributed by atoms with Gasteiger partial charge in [0, 0.05) is 5.69 Å². The predicted octanol–water partition coefficient (Wildman–Crippen LogP) is 2.47. The van der Waals surface area contributed by atoms with Crippen molar-refractivity contribution >= 4 is 35.2 Å². The Morgan fingerprint density at radius 3 is 2.52 bits per heavy atom. The lowest BCUT2D eigenvalue weighted by Gasteiger charge is -2.06. The van der Waals surface area contributed by atoms with E-state index in [4.69, 9.17) is 22.1 Å². The predicted molar refractivity (Wildman–Crippen MR) is 93.0 cm³/mol. The third-order valence-electron chi connectivity index (χ3n) is 2.65. The quantitative estimate of drug-likeness (QED) is 0.429. The summed E-state index contributed by atoms with van der Waals surface area (Å²) in [5, 5.41) is 15.9. The molecule has 7 heteroatoms. The van der Waals surface area contributed by atoms with Crippen molar-refractivity contribution in [3.8, 4) is 5.75 Å². The lowest BCUT2D eigenvalue weighted by atomic mass is 10.2. The highest BCUT2D eigenvalue weighted by molar-refractivity contribution is 7.80. The molecule has 2 rings (SSSR count). The highest BCUT2D eigenvalue weighted by atomic mass is 32.1. The van der Waals surface area contributed by atoms with Crippen LogP contribution in [0.5, 0.6) is 5.75 Å². The van der Waals surface area contributed by atoms with Crippen molar-refractivity contribution in [2.75, 3.05) is 11.9 Å². The van der Waals surface area contributed by atoms with Crippen molar-refractivity contribution in [3.05, 3.63) is 60.2 Å². The van der Waals surface area contributed by atoms with E-state index in [1.165, 1.54) is 0 Å². The molecule has 0 unspecified atom stereocenters. The summed E-state index contributed by atoms with van der Waals surface area (Å²) in [7, 11) is 0. The lowest BCUT2D eigenvalue weighted by Crippen LogP contribution is -2.23. The van der Waals surface area contributed by atoms with Gasteiger partial charge >= 0.3 is 5.97 Å². The number of rotatable bonds is 6. The number of carbonyl (C=O) groups is 1. The zero-order valence-electron chi connectivity index (χ0n) is 12.1. The Labute approximate surface area is 138 Å². The second kappa shape index (κ2) is 8.50. The molecule has 0 radical (unpaired) electrons. The summed E-state index contributed by atoms with van der Waals surface area (Å²) < 4.78 is 5.04. The summed E-state index contributed by atoms with van der Waals surface area (Å²) in [6.07, 6.45) is 1.60. The van der Waals surface area contributed by atoms with Gasteiger partial charge in [-0.3, -0.25) is 5.43 Å². The van der Waals surface area contributed by atoms with Crippen LogP contribution < -0.4 is 15.5 Å². The second-order valence-corrected chi connectivity index (χ2v) is 4.85. The number of benzene rings is 2. The first kappa shape index (κ1) is 16.4. The Bertz CT molecular complexity index is 687. The van der Waals surface area contributed by atoms with Crippen LogP contribution in [0.3, 0.4) is 0 Å². The second-order valence-electron chi connectivity index (χ2n) is 4.44. The van der Waals surface area contributed by atoms with Gasteiger partial charge in [0.25, 0.3) is 0 Å². The molecule has 0 aliphatic rings. The molecule has 3 N–H and O–H groups in total. The van der Waals surface area contributed by atoms with Gasteiger partial charge in [-0.25, -0.2) is 4.79 Å². The molecule has 6 nitrogen and oxygen atoms in total. The van der Waals surface area contributed by atoms with Crippen LogP contribution in [0.15, 0.2) is 59.7 Å². The maximum atomic E-state index is 10.4. The number of nitrogens with one attached hydrogen (secondary N) is 2. The third-order valence-corrected chi connectivity index (χ3v) is 2.85. The highest BCUT2D eigenvalue weighted by Gasteiger charge is 1.99. The first-order chi connectivity index (χ1) is 11.1. The van der Waals surface area contributed by atoms with Gasteiger partial charge in [0.2, 0.25) is 0 Å². The molecule has 0 aliphatic heterocycles. The number of nitrogens with zero attached hydrogens (tertiary/aromatic N) is 1. The Kier molecular flexibility index (Phi) is 6.07. The van der Waals surface area contributed by atoms with Crippen molar-refractivity contribution in [3.63, 3.8) is 0 Å². The topological polar surface area (TPSA) is 83.0 Å². The number of aliphatic carboxylic acids is 1. The van der Waals surface area contributed by atoms with E-state index in [0.29, 0.717) is 10.9 Å². The average Bonchev–Trinajstić information content (AvgIpc) is 2.55. The summed E-state index contributed by atoms with van der Waals surface area (Å²) in [6.45, 7) is -0.367. The normalized spacial score (nSPS) is 10.3. The average molecular weight is 329 g/mol. The molecule has 2 aromatic rings. The molecule has 0 heterocycles. The SMILES string of the molecule is O=C(O)COc1ccc(C=NNC(=S)Nc2ccccc2)cc1. The zero-order valence-corrected chi connectivity index (χ0v) is 12.9. The van der Waals surface area contributed by atoms with Gasteiger partial charge in [-0.2, -0.15) is 5.10 Å². The molecule has 0 spiro atoms. The maximum absolute atomic E-state index is 10.4. The molecule has 0 atom stereocenters. The van der Waals surface area contributed by atoms with Gasteiger partial charge in [-0.05, 0) is 54.2 Å². The molecule has 118 valence electrons. The van der Waals surface area contributed by atoms with Gasteiger partial charge in [0.05, 0.1) is 6.21 Å². The molecule has 0 bridgehead atoms. The standard InChI is InChI=1S/C16H15N3O3S/c20-15(21)11-22-14-8-6-12(7-9-14)10-17-19-16(23)18-13-4-2-1-3-5-13/h1-10H,11H2,(H,20,21)(H2,18,19,23). The molecule has 0 aliphatic carbocycles. The smallest absolute Gasteiger partial charge is 0.341 e. The van der Waals surface area contributed by atoms with Gasteiger partial charge in [0.1, 0.15) is 5.75 Å². The van der Waals surface area contributed by atoms with Crippen LogP contribution in [-0.2, 0) is 4.79 Å². The van der Waals surface area contributed by atoms with Gasteiger partial charge in [-0.15, -0.1) is 0 Å². The number of carboxylic acid groups (broad SMARTS) is 1.